The van der Waals surface area contributed by atoms with E-state index in [1.807, 2.05) is 0 Å². The first kappa shape index (κ1) is 11.9. The van der Waals surface area contributed by atoms with Crippen LogP contribution in [0.2, 0.25) is 0 Å². The van der Waals surface area contributed by atoms with E-state index in [1.165, 1.54) is 11.9 Å². The van der Waals surface area contributed by atoms with Crippen LogP contribution in [0.25, 0.3) is 0 Å². The third-order valence-corrected chi connectivity index (χ3v) is 3.63. The highest BCUT2D eigenvalue weighted by Crippen LogP contribution is 2.48. The second-order valence-electron chi connectivity index (χ2n) is 4.66. The Bertz CT molecular complexity index is 376. The lowest BCUT2D eigenvalue weighted by atomic mass is 10.1. The standard InChI is InChI=1S/C11H16N2O4/c1-12-8(14)7-3-2-6-13(7)9(15)11(4-5-11)10(16)17/h7H,2-6H2,1H3,(H,12,14)(H,16,17). The van der Waals surface area contributed by atoms with E-state index in [0.29, 0.717) is 25.8 Å². The van der Waals surface area contributed by atoms with Gasteiger partial charge in [0.05, 0.1) is 0 Å². The lowest BCUT2D eigenvalue weighted by Crippen LogP contribution is -2.49. The molecule has 0 radical (unpaired) electrons. The Morgan fingerprint density at radius 3 is 2.47 bits per heavy atom. The van der Waals surface area contributed by atoms with Crippen molar-refractivity contribution in [2.24, 2.45) is 5.41 Å². The average molecular weight is 240 g/mol. The number of aliphatic carboxylic acids is 1. The minimum atomic E-state index is -1.24. The van der Waals surface area contributed by atoms with E-state index >= 15 is 0 Å². The van der Waals surface area contributed by atoms with Crippen molar-refractivity contribution in [3.8, 4) is 0 Å². The molecule has 1 atom stereocenters. The molecule has 2 aliphatic rings. The molecule has 0 spiro atoms. The molecule has 0 bridgehead atoms. The Morgan fingerprint density at radius 1 is 1.35 bits per heavy atom. The topological polar surface area (TPSA) is 86.7 Å². The van der Waals surface area contributed by atoms with Crippen molar-refractivity contribution in [2.75, 3.05) is 13.6 Å². The Balaban J connectivity index is 2.14. The van der Waals surface area contributed by atoms with E-state index < -0.39 is 23.3 Å². The van der Waals surface area contributed by atoms with Crippen LogP contribution in [0.4, 0.5) is 0 Å². The fourth-order valence-electron chi connectivity index (χ4n) is 2.37. The maximum Gasteiger partial charge on any atom is 0.319 e. The number of hydrogen-bond acceptors (Lipinski definition) is 3. The second-order valence-corrected chi connectivity index (χ2v) is 4.66. The molecule has 1 saturated heterocycles. The summed E-state index contributed by atoms with van der Waals surface area (Å²) in [6.07, 6.45) is 2.14. The quantitative estimate of drug-likeness (QED) is 0.656. The molecule has 2 fully saturated rings. The number of likely N-dealkylation sites (tertiary alicyclic amines) is 1. The van der Waals surface area contributed by atoms with Crippen LogP contribution in [0.1, 0.15) is 25.7 Å². The number of nitrogens with one attached hydrogen (secondary N) is 1. The molecule has 6 nitrogen and oxygen atoms in total. The normalized spacial score (nSPS) is 25.5. The molecule has 2 N–H and O–H groups in total. The molecule has 0 aromatic heterocycles. The number of rotatable bonds is 3. The lowest BCUT2D eigenvalue weighted by molar-refractivity contribution is -0.155. The summed E-state index contributed by atoms with van der Waals surface area (Å²) in [6.45, 7) is 0.478. The first-order chi connectivity index (χ1) is 8.03. The van der Waals surface area contributed by atoms with Gasteiger partial charge in [-0.25, -0.2) is 0 Å². The predicted octanol–water partition coefficient (Wildman–Crippen LogP) is -0.412. The number of carboxylic acids is 1. The van der Waals surface area contributed by atoms with Gasteiger partial charge >= 0.3 is 5.97 Å². The Kier molecular flexibility index (Phi) is 2.81. The van der Waals surface area contributed by atoms with E-state index in [0.717, 1.165) is 6.42 Å². The van der Waals surface area contributed by atoms with Crippen LogP contribution in [0.5, 0.6) is 0 Å². The van der Waals surface area contributed by atoms with E-state index in [2.05, 4.69) is 5.32 Å². The van der Waals surface area contributed by atoms with Crippen LogP contribution in [0.3, 0.4) is 0 Å². The van der Waals surface area contributed by atoms with Crippen molar-refractivity contribution in [1.29, 1.82) is 0 Å². The maximum absolute atomic E-state index is 12.2. The highest BCUT2D eigenvalue weighted by Gasteiger charge is 2.60. The monoisotopic (exact) mass is 240 g/mol. The van der Waals surface area contributed by atoms with E-state index in [1.54, 1.807) is 0 Å². The summed E-state index contributed by atoms with van der Waals surface area (Å²) < 4.78 is 0. The molecule has 2 rings (SSSR count). The van der Waals surface area contributed by atoms with Crippen molar-refractivity contribution in [2.45, 2.75) is 31.7 Å². The zero-order chi connectivity index (χ0) is 12.6. The summed E-state index contributed by atoms with van der Waals surface area (Å²) in [5.74, 6) is -1.67. The van der Waals surface area contributed by atoms with Crippen molar-refractivity contribution in [3.63, 3.8) is 0 Å². The van der Waals surface area contributed by atoms with Crippen molar-refractivity contribution in [1.82, 2.24) is 10.2 Å². The summed E-state index contributed by atoms with van der Waals surface area (Å²) in [4.78, 5) is 36.3. The fourth-order valence-corrected chi connectivity index (χ4v) is 2.37. The van der Waals surface area contributed by atoms with Gasteiger partial charge in [-0.15, -0.1) is 0 Å². The third-order valence-electron chi connectivity index (χ3n) is 3.63. The van der Waals surface area contributed by atoms with E-state index in [-0.39, 0.29) is 5.91 Å². The summed E-state index contributed by atoms with van der Waals surface area (Å²) >= 11 is 0. The number of amides is 2. The molecule has 2 amide bonds. The number of carbonyl (C=O) groups is 3. The van der Waals surface area contributed by atoms with Crippen LogP contribution in [-0.4, -0.2) is 47.4 Å². The van der Waals surface area contributed by atoms with Gasteiger partial charge in [-0.1, -0.05) is 0 Å². The highest BCUT2D eigenvalue weighted by molar-refractivity contribution is 6.06. The first-order valence-corrected chi connectivity index (χ1v) is 5.79. The second kappa shape index (κ2) is 4.01. The number of carboxylic acid groups (broad SMARTS) is 1. The van der Waals surface area contributed by atoms with Crippen LogP contribution < -0.4 is 5.32 Å². The maximum atomic E-state index is 12.2. The van der Waals surface area contributed by atoms with Crippen molar-refractivity contribution in [3.05, 3.63) is 0 Å². The first-order valence-electron chi connectivity index (χ1n) is 5.79. The smallest absolute Gasteiger partial charge is 0.319 e. The zero-order valence-electron chi connectivity index (χ0n) is 9.73. The predicted molar refractivity (Wildman–Crippen MR) is 58.1 cm³/mol. The number of nitrogens with zero attached hydrogens (tertiary/aromatic N) is 1. The summed E-state index contributed by atoms with van der Waals surface area (Å²) in [5, 5.41) is 11.6. The van der Waals surface area contributed by atoms with Crippen LogP contribution >= 0.6 is 0 Å². The molecule has 1 aliphatic carbocycles. The SMILES string of the molecule is CNC(=O)C1CCCN1C(=O)C1(C(=O)O)CC1. The molecular weight excluding hydrogens is 224 g/mol. The zero-order valence-corrected chi connectivity index (χ0v) is 9.73. The summed E-state index contributed by atoms with van der Waals surface area (Å²) in [6, 6.07) is -0.496. The summed E-state index contributed by atoms with van der Waals surface area (Å²) in [5.41, 5.74) is -1.24. The molecule has 94 valence electrons. The average Bonchev–Trinajstić information content (AvgIpc) is 2.99. The summed E-state index contributed by atoms with van der Waals surface area (Å²) in [7, 11) is 1.52. The largest absolute Gasteiger partial charge is 0.480 e. The fraction of sp³-hybridized carbons (Fsp3) is 0.727. The van der Waals surface area contributed by atoms with Crippen LogP contribution in [0.15, 0.2) is 0 Å². The van der Waals surface area contributed by atoms with Gasteiger partial charge in [-0.2, -0.15) is 0 Å². The molecule has 0 aromatic rings. The Hall–Kier alpha value is -1.59. The van der Waals surface area contributed by atoms with Gasteiger partial charge < -0.3 is 15.3 Å². The highest BCUT2D eigenvalue weighted by atomic mass is 16.4. The third kappa shape index (κ3) is 1.77. The molecule has 1 saturated carbocycles. The lowest BCUT2D eigenvalue weighted by Gasteiger charge is -2.26. The van der Waals surface area contributed by atoms with Gasteiger partial charge in [0.25, 0.3) is 0 Å². The minimum absolute atomic E-state index is 0.211. The van der Waals surface area contributed by atoms with Crippen LogP contribution in [-0.2, 0) is 14.4 Å². The number of likely N-dealkylation sites (N-methyl/N-ethyl adjacent to an activating group) is 1. The van der Waals surface area contributed by atoms with Crippen LogP contribution in [0, 0.1) is 5.41 Å². The van der Waals surface area contributed by atoms with Gasteiger partial charge in [0, 0.05) is 13.6 Å². The molecule has 0 aromatic carbocycles. The van der Waals surface area contributed by atoms with E-state index in [9.17, 15) is 14.4 Å². The van der Waals surface area contributed by atoms with Crippen molar-refractivity contribution < 1.29 is 19.5 Å². The van der Waals surface area contributed by atoms with Gasteiger partial charge in [0.15, 0.2) is 0 Å². The Morgan fingerprint density at radius 2 is 2.00 bits per heavy atom. The minimum Gasteiger partial charge on any atom is -0.480 e. The number of hydrogen-bond donors (Lipinski definition) is 2. The molecule has 6 heteroatoms. The number of carbonyl (C=O) groups excluding carboxylic acids is 2. The Labute approximate surface area is 99.0 Å². The van der Waals surface area contributed by atoms with Gasteiger partial charge in [0.1, 0.15) is 11.5 Å². The van der Waals surface area contributed by atoms with Gasteiger partial charge in [0.2, 0.25) is 11.8 Å². The molecule has 1 aliphatic heterocycles. The molecule has 1 heterocycles. The van der Waals surface area contributed by atoms with E-state index in [4.69, 9.17) is 5.11 Å². The molecular formula is C11H16N2O4. The van der Waals surface area contributed by atoms with Gasteiger partial charge in [-0.3, -0.25) is 14.4 Å². The molecule has 1 unspecified atom stereocenters. The van der Waals surface area contributed by atoms with Gasteiger partial charge in [-0.05, 0) is 25.7 Å². The molecule has 17 heavy (non-hydrogen) atoms. The van der Waals surface area contributed by atoms with Crippen molar-refractivity contribution >= 4 is 17.8 Å².